The molecule has 4 aliphatic carbocycles. The van der Waals surface area contributed by atoms with Gasteiger partial charge in [0, 0.05) is 31.1 Å². The maximum absolute atomic E-state index is 13.1. The van der Waals surface area contributed by atoms with E-state index in [9.17, 15) is 19.2 Å². The minimum absolute atomic E-state index is 0.0402. The number of carbonyl (C=O) groups is 4. The quantitative estimate of drug-likeness (QED) is 0.251. The summed E-state index contributed by atoms with van der Waals surface area (Å²) in [7, 11) is 0. The molecule has 206 valence electrons. The summed E-state index contributed by atoms with van der Waals surface area (Å²) in [5.74, 6) is 0.750. The van der Waals surface area contributed by atoms with Gasteiger partial charge in [0.2, 0.25) is 0 Å². The molecule has 0 aromatic heterocycles. The molecule has 0 amide bonds. The maximum atomic E-state index is 13.1. The zero-order valence-corrected chi connectivity index (χ0v) is 23.1. The number of carboxylic acids is 1. The van der Waals surface area contributed by atoms with E-state index in [1.165, 1.54) is 5.57 Å². The van der Waals surface area contributed by atoms with Crippen molar-refractivity contribution >= 4 is 23.5 Å². The molecular formula is C31H46O6. The Bertz CT molecular complexity index is 936. The van der Waals surface area contributed by atoms with Crippen LogP contribution in [0.15, 0.2) is 11.6 Å². The highest BCUT2D eigenvalue weighted by molar-refractivity contribution is 5.91. The molecule has 3 fully saturated rings. The van der Waals surface area contributed by atoms with Crippen molar-refractivity contribution in [2.45, 2.75) is 123 Å². The third-order valence-electron chi connectivity index (χ3n) is 10.7. The number of fused-ring (bicyclic) bond motifs is 5. The van der Waals surface area contributed by atoms with Crippen LogP contribution in [0.25, 0.3) is 0 Å². The highest BCUT2D eigenvalue weighted by atomic mass is 16.5. The van der Waals surface area contributed by atoms with Crippen molar-refractivity contribution in [1.29, 1.82) is 0 Å². The van der Waals surface area contributed by atoms with Gasteiger partial charge in [0.25, 0.3) is 0 Å². The van der Waals surface area contributed by atoms with Crippen molar-refractivity contribution in [3.63, 3.8) is 0 Å². The SMILES string of the molecule is CC(=O)[C@H]1CC[C@H]2[C@@H]3CCC4=CC(=O)CC[C@]4(C)[C@H]3[C@H](OC(=O)CCCCCCCCC(=O)O)C[C@]12C. The normalized spacial score (nSPS) is 36.7. The van der Waals surface area contributed by atoms with Crippen LogP contribution in [-0.2, 0) is 23.9 Å². The van der Waals surface area contributed by atoms with Crippen molar-refractivity contribution in [3.8, 4) is 0 Å². The number of aliphatic carboxylic acids is 1. The van der Waals surface area contributed by atoms with E-state index in [-0.39, 0.29) is 52.7 Å². The largest absolute Gasteiger partial charge is 0.481 e. The molecule has 1 N–H and O–H groups in total. The average molecular weight is 515 g/mol. The first-order valence-electron chi connectivity index (χ1n) is 14.7. The number of esters is 1. The van der Waals surface area contributed by atoms with Crippen LogP contribution in [0.2, 0.25) is 0 Å². The third kappa shape index (κ3) is 5.73. The van der Waals surface area contributed by atoms with Crippen LogP contribution in [0, 0.1) is 34.5 Å². The fraction of sp³-hybridized carbons (Fsp3) is 0.806. The first-order valence-corrected chi connectivity index (χ1v) is 14.7. The second kappa shape index (κ2) is 11.4. The number of unbranched alkanes of at least 4 members (excludes halogenated alkanes) is 5. The summed E-state index contributed by atoms with van der Waals surface area (Å²) in [6.07, 6.45) is 13.7. The lowest BCUT2D eigenvalue weighted by molar-refractivity contribution is -0.178. The fourth-order valence-corrected chi connectivity index (χ4v) is 8.91. The van der Waals surface area contributed by atoms with Crippen molar-refractivity contribution in [3.05, 3.63) is 11.6 Å². The smallest absolute Gasteiger partial charge is 0.306 e. The molecule has 37 heavy (non-hydrogen) atoms. The van der Waals surface area contributed by atoms with Crippen molar-refractivity contribution < 1.29 is 29.0 Å². The zero-order chi connectivity index (χ0) is 26.8. The Kier molecular flexibility index (Phi) is 8.65. The highest BCUT2D eigenvalue weighted by Gasteiger charge is 2.63. The molecule has 0 heterocycles. The molecule has 0 bridgehead atoms. The summed E-state index contributed by atoms with van der Waals surface area (Å²) in [6.45, 7) is 6.30. The standard InChI is InChI=1S/C31H46O6/c1-20(32)24-14-15-25-23-13-12-21-18-22(33)16-17-30(21,2)29(23)26(19-31(24,25)3)37-28(36)11-9-7-5-4-6-8-10-27(34)35/h18,23-26,29H,4-17,19H2,1-3H3,(H,34,35)/t23-,24+,25-,26+,29+,30-,31+/m0/s1. The van der Waals surface area contributed by atoms with Gasteiger partial charge in [0.15, 0.2) is 5.78 Å². The maximum Gasteiger partial charge on any atom is 0.306 e. The third-order valence-corrected chi connectivity index (χ3v) is 10.7. The Morgan fingerprint density at radius 2 is 1.65 bits per heavy atom. The van der Waals surface area contributed by atoms with Gasteiger partial charge in [0.05, 0.1) is 0 Å². The minimum Gasteiger partial charge on any atom is -0.481 e. The van der Waals surface area contributed by atoms with E-state index < -0.39 is 5.97 Å². The predicted molar refractivity (Wildman–Crippen MR) is 141 cm³/mol. The number of carboxylic acid groups (broad SMARTS) is 1. The zero-order valence-electron chi connectivity index (χ0n) is 23.1. The Hall–Kier alpha value is -1.98. The number of rotatable bonds is 11. The molecule has 3 saturated carbocycles. The number of hydrogen-bond acceptors (Lipinski definition) is 5. The van der Waals surface area contributed by atoms with E-state index in [2.05, 4.69) is 13.8 Å². The summed E-state index contributed by atoms with van der Waals surface area (Å²) in [5.41, 5.74) is 1.00. The average Bonchev–Trinajstić information content (AvgIpc) is 3.17. The molecular weight excluding hydrogens is 468 g/mol. The van der Waals surface area contributed by atoms with Gasteiger partial charge in [-0.3, -0.25) is 19.2 Å². The van der Waals surface area contributed by atoms with Gasteiger partial charge in [-0.1, -0.05) is 45.1 Å². The van der Waals surface area contributed by atoms with Crippen LogP contribution in [-0.4, -0.2) is 34.7 Å². The summed E-state index contributed by atoms with van der Waals surface area (Å²) in [4.78, 5) is 48.6. The van der Waals surface area contributed by atoms with Crippen LogP contribution in [0.1, 0.15) is 117 Å². The van der Waals surface area contributed by atoms with E-state index in [0.29, 0.717) is 31.1 Å². The number of Topliss-reactive ketones (excluding diaryl/α,β-unsaturated/α-hetero) is 1. The fourth-order valence-electron chi connectivity index (χ4n) is 8.91. The van der Waals surface area contributed by atoms with Crippen LogP contribution in [0.5, 0.6) is 0 Å². The summed E-state index contributed by atoms with van der Waals surface area (Å²) < 4.78 is 6.35. The molecule has 0 radical (unpaired) electrons. The molecule has 0 spiro atoms. The Morgan fingerprint density at radius 1 is 0.973 bits per heavy atom. The van der Waals surface area contributed by atoms with E-state index in [1.54, 1.807) is 6.92 Å². The second-order valence-corrected chi connectivity index (χ2v) is 12.9. The topological polar surface area (TPSA) is 97.7 Å². The number of hydrogen-bond donors (Lipinski definition) is 1. The molecule has 0 aliphatic heterocycles. The first-order chi connectivity index (χ1) is 17.6. The summed E-state index contributed by atoms with van der Waals surface area (Å²) >= 11 is 0. The molecule has 0 aromatic rings. The molecule has 7 atom stereocenters. The number of ketones is 2. The van der Waals surface area contributed by atoms with Crippen LogP contribution < -0.4 is 0 Å². The van der Waals surface area contributed by atoms with Gasteiger partial charge in [-0.15, -0.1) is 0 Å². The minimum atomic E-state index is -0.741. The highest BCUT2D eigenvalue weighted by Crippen LogP contribution is 2.67. The Balaban J connectivity index is 1.43. The lowest BCUT2D eigenvalue weighted by atomic mass is 9.46. The molecule has 4 aliphatic rings. The van der Waals surface area contributed by atoms with Gasteiger partial charge >= 0.3 is 11.9 Å². The van der Waals surface area contributed by atoms with Crippen LogP contribution in [0.4, 0.5) is 0 Å². The molecule has 4 rings (SSSR count). The van der Waals surface area contributed by atoms with E-state index in [1.807, 2.05) is 6.08 Å². The first kappa shape index (κ1) is 28.0. The number of ether oxygens (including phenoxy) is 1. The van der Waals surface area contributed by atoms with Crippen molar-refractivity contribution in [2.75, 3.05) is 0 Å². The Morgan fingerprint density at radius 3 is 2.32 bits per heavy atom. The molecule has 6 nitrogen and oxygen atoms in total. The van der Waals surface area contributed by atoms with Gasteiger partial charge in [-0.2, -0.15) is 0 Å². The van der Waals surface area contributed by atoms with Crippen molar-refractivity contribution in [2.24, 2.45) is 34.5 Å². The van der Waals surface area contributed by atoms with Gasteiger partial charge < -0.3 is 9.84 Å². The molecule has 0 unspecified atom stereocenters. The predicted octanol–water partition coefficient (Wildman–Crippen LogP) is 6.45. The van der Waals surface area contributed by atoms with Gasteiger partial charge in [-0.05, 0) is 87.0 Å². The van der Waals surface area contributed by atoms with Gasteiger partial charge in [-0.25, -0.2) is 0 Å². The Labute approximate surface area is 222 Å². The number of allylic oxidation sites excluding steroid dienone is 1. The van der Waals surface area contributed by atoms with E-state index >= 15 is 0 Å². The van der Waals surface area contributed by atoms with Crippen molar-refractivity contribution in [1.82, 2.24) is 0 Å². The molecule has 6 heteroatoms. The monoisotopic (exact) mass is 514 g/mol. The van der Waals surface area contributed by atoms with Gasteiger partial charge in [0.1, 0.15) is 11.9 Å². The molecule has 0 aromatic carbocycles. The molecule has 0 saturated heterocycles. The summed E-state index contributed by atoms with van der Waals surface area (Å²) in [5, 5.41) is 8.74. The lowest BCUT2D eigenvalue weighted by Gasteiger charge is -2.60. The van der Waals surface area contributed by atoms with E-state index in [4.69, 9.17) is 9.84 Å². The number of carbonyl (C=O) groups excluding carboxylic acids is 3. The van der Waals surface area contributed by atoms with Crippen LogP contribution in [0.3, 0.4) is 0 Å². The second-order valence-electron chi connectivity index (χ2n) is 12.9. The van der Waals surface area contributed by atoms with Crippen LogP contribution >= 0.6 is 0 Å². The summed E-state index contributed by atoms with van der Waals surface area (Å²) in [6, 6.07) is 0. The van der Waals surface area contributed by atoms with E-state index in [0.717, 1.165) is 70.6 Å². The lowest BCUT2D eigenvalue weighted by Crippen LogP contribution is -2.58.